The molecule has 1 N–H and O–H groups in total. The van der Waals surface area contributed by atoms with Crippen LogP contribution in [0.15, 0.2) is 22.7 Å². The number of anilines is 1. The first-order valence-electron chi connectivity index (χ1n) is 9.34. The molecule has 7 heteroatoms. The average molecular weight is 454 g/mol. The van der Waals surface area contributed by atoms with Gasteiger partial charge in [0.25, 0.3) is 0 Å². The van der Waals surface area contributed by atoms with E-state index in [2.05, 4.69) is 71.3 Å². The summed E-state index contributed by atoms with van der Waals surface area (Å²) < 4.78 is 6.74. The van der Waals surface area contributed by atoms with Crippen molar-refractivity contribution in [3.8, 4) is 5.75 Å². The number of nitrogens with one attached hydrogen (secondary N) is 1. The number of aromatic nitrogens is 2. The predicted octanol–water partition coefficient (Wildman–Crippen LogP) is 5.74. The van der Waals surface area contributed by atoms with Crippen LogP contribution in [-0.4, -0.2) is 22.7 Å². The van der Waals surface area contributed by atoms with Crippen molar-refractivity contribution in [2.75, 3.05) is 11.9 Å². The van der Waals surface area contributed by atoms with Crippen molar-refractivity contribution >= 4 is 38.3 Å². The summed E-state index contributed by atoms with van der Waals surface area (Å²) in [4.78, 5) is 12.0. The molecule has 0 aliphatic rings. The van der Waals surface area contributed by atoms with E-state index in [1.54, 1.807) is 0 Å². The zero-order chi connectivity index (χ0) is 19.9. The van der Waals surface area contributed by atoms with Crippen LogP contribution in [-0.2, 0) is 16.6 Å². The van der Waals surface area contributed by atoms with Gasteiger partial charge in [-0.15, -0.1) is 10.2 Å². The van der Waals surface area contributed by atoms with E-state index >= 15 is 0 Å². The van der Waals surface area contributed by atoms with Crippen LogP contribution >= 0.6 is 27.3 Å². The van der Waals surface area contributed by atoms with Gasteiger partial charge in [-0.3, -0.25) is 4.79 Å². The van der Waals surface area contributed by atoms with Gasteiger partial charge in [0.1, 0.15) is 10.8 Å². The predicted molar refractivity (Wildman–Crippen MR) is 115 cm³/mol. The molecular weight excluding hydrogens is 426 g/mol. The Morgan fingerprint density at radius 3 is 2.70 bits per heavy atom. The Bertz CT molecular complexity index is 756. The molecule has 2 aromatic rings. The number of ether oxygens (including phenoxy) is 1. The maximum atomic E-state index is 12.0. The molecule has 0 aliphatic carbocycles. The summed E-state index contributed by atoms with van der Waals surface area (Å²) in [6.07, 6.45) is 4.16. The molecule has 5 nitrogen and oxygen atoms in total. The SMILES string of the molecule is CCCCc1nnc(NC(=O)CCCOc2ccc(C(C)(C)C)cc2Br)s1. The van der Waals surface area contributed by atoms with Crippen LogP contribution in [0.3, 0.4) is 0 Å². The quantitative estimate of drug-likeness (QED) is 0.491. The first-order valence-corrected chi connectivity index (χ1v) is 11.0. The molecule has 0 bridgehead atoms. The largest absolute Gasteiger partial charge is 0.492 e. The zero-order valence-electron chi connectivity index (χ0n) is 16.5. The second kappa shape index (κ2) is 10.2. The van der Waals surface area contributed by atoms with Gasteiger partial charge in [0.2, 0.25) is 11.0 Å². The van der Waals surface area contributed by atoms with E-state index in [1.807, 2.05) is 6.07 Å². The highest BCUT2D eigenvalue weighted by molar-refractivity contribution is 9.10. The van der Waals surface area contributed by atoms with E-state index < -0.39 is 0 Å². The van der Waals surface area contributed by atoms with Gasteiger partial charge in [-0.1, -0.05) is 51.5 Å². The van der Waals surface area contributed by atoms with Gasteiger partial charge >= 0.3 is 0 Å². The lowest BCUT2D eigenvalue weighted by molar-refractivity contribution is -0.116. The second-order valence-electron chi connectivity index (χ2n) is 7.50. The summed E-state index contributed by atoms with van der Waals surface area (Å²) in [7, 11) is 0. The number of rotatable bonds is 9. The molecule has 1 aromatic heterocycles. The number of hydrogen-bond donors (Lipinski definition) is 1. The van der Waals surface area contributed by atoms with E-state index in [1.165, 1.54) is 16.9 Å². The normalized spacial score (nSPS) is 11.4. The molecule has 0 saturated carbocycles. The molecule has 0 unspecified atom stereocenters. The van der Waals surface area contributed by atoms with Crippen molar-refractivity contribution in [3.05, 3.63) is 33.2 Å². The summed E-state index contributed by atoms with van der Waals surface area (Å²) in [5.74, 6) is 0.743. The molecule has 2 rings (SSSR count). The highest BCUT2D eigenvalue weighted by atomic mass is 79.9. The highest BCUT2D eigenvalue weighted by Gasteiger charge is 2.15. The lowest BCUT2D eigenvalue weighted by atomic mass is 9.87. The first kappa shape index (κ1) is 21.8. The number of amides is 1. The van der Waals surface area contributed by atoms with Gasteiger partial charge in [-0.25, -0.2) is 0 Å². The minimum atomic E-state index is -0.0565. The van der Waals surface area contributed by atoms with E-state index in [0.717, 1.165) is 34.5 Å². The van der Waals surface area contributed by atoms with Crippen molar-refractivity contribution < 1.29 is 9.53 Å². The summed E-state index contributed by atoms with van der Waals surface area (Å²) in [5, 5.41) is 12.5. The fraction of sp³-hybridized carbons (Fsp3) is 0.550. The maximum Gasteiger partial charge on any atom is 0.226 e. The topological polar surface area (TPSA) is 64.1 Å². The number of benzene rings is 1. The molecule has 1 heterocycles. The summed E-state index contributed by atoms with van der Waals surface area (Å²) in [6, 6.07) is 6.15. The molecule has 0 aliphatic heterocycles. The Labute approximate surface area is 174 Å². The first-order chi connectivity index (χ1) is 12.8. The Hall–Kier alpha value is -1.47. The molecular formula is C20H28BrN3O2S. The third kappa shape index (κ3) is 7.22. The summed E-state index contributed by atoms with van der Waals surface area (Å²) >= 11 is 5.02. The van der Waals surface area contributed by atoms with Crippen LogP contribution in [0.25, 0.3) is 0 Å². The lowest BCUT2D eigenvalue weighted by Gasteiger charge is -2.20. The number of aryl methyl sites for hydroxylation is 1. The smallest absolute Gasteiger partial charge is 0.226 e. The van der Waals surface area contributed by atoms with Gasteiger partial charge in [0.15, 0.2) is 0 Å². The van der Waals surface area contributed by atoms with Gasteiger partial charge < -0.3 is 10.1 Å². The zero-order valence-corrected chi connectivity index (χ0v) is 18.9. The van der Waals surface area contributed by atoms with E-state index in [-0.39, 0.29) is 11.3 Å². The van der Waals surface area contributed by atoms with Crippen LogP contribution in [0.5, 0.6) is 5.75 Å². The third-order valence-electron chi connectivity index (χ3n) is 4.06. The second-order valence-corrected chi connectivity index (χ2v) is 9.42. The van der Waals surface area contributed by atoms with Crippen LogP contribution in [0.1, 0.15) is 63.9 Å². The van der Waals surface area contributed by atoms with Crippen LogP contribution in [0.2, 0.25) is 0 Å². The van der Waals surface area contributed by atoms with Crippen LogP contribution < -0.4 is 10.1 Å². The van der Waals surface area contributed by atoms with Gasteiger partial charge in [-0.05, 0) is 51.9 Å². The van der Waals surface area contributed by atoms with Gasteiger partial charge in [-0.2, -0.15) is 0 Å². The minimum Gasteiger partial charge on any atom is -0.492 e. The van der Waals surface area contributed by atoms with Gasteiger partial charge in [0.05, 0.1) is 11.1 Å². The number of hydrogen-bond acceptors (Lipinski definition) is 5. The molecule has 0 atom stereocenters. The van der Waals surface area contributed by atoms with E-state index in [0.29, 0.717) is 24.6 Å². The molecule has 0 saturated heterocycles. The maximum absolute atomic E-state index is 12.0. The summed E-state index contributed by atoms with van der Waals surface area (Å²) in [5.41, 5.74) is 1.34. The monoisotopic (exact) mass is 453 g/mol. The number of carbonyl (C=O) groups excluding carboxylic acids is 1. The Kier molecular flexibility index (Phi) is 8.23. The van der Waals surface area contributed by atoms with Crippen molar-refractivity contribution in [2.45, 2.75) is 65.2 Å². The molecule has 1 aromatic carbocycles. The van der Waals surface area contributed by atoms with Crippen molar-refractivity contribution in [2.24, 2.45) is 0 Å². The van der Waals surface area contributed by atoms with Crippen LogP contribution in [0.4, 0.5) is 5.13 Å². The molecule has 0 radical (unpaired) electrons. The lowest BCUT2D eigenvalue weighted by Crippen LogP contribution is -2.13. The fourth-order valence-corrected chi connectivity index (χ4v) is 3.71. The Morgan fingerprint density at radius 1 is 1.26 bits per heavy atom. The summed E-state index contributed by atoms with van der Waals surface area (Å²) in [6.45, 7) is 9.16. The number of carbonyl (C=O) groups is 1. The van der Waals surface area contributed by atoms with E-state index in [4.69, 9.17) is 4.74 Å². The minimum absolute atomic E-state index is 0.0565. The average Bonchev–Trinajstić information content (AvgIpc) is 3.04. The third-order valence-corrected chi connectivity index (χ3v) is 5.58. The molecule has 1 amide bonds. The Balaban J connectivity index is 1.73. The van der Waals surface area contributed by atoms with Crippen molar-refractivity contribution in [3.63, 3.8) is 0 Å². The van der Waals surface area contributed by atoms with Gasteiger partial charge in [0, 0.05) is 12.8 Å². The van der Waals surface area contributed by atoms with Crippen molar-refractivity contribution in [1.82, 2.24) is 10.2 Å². The van der Waals surface area contributed by atoms with Crippen molar-refractivity contribution in [1.29, 1.82) is 0 Å². The fourth-order valence-electron chi connectivity index (χ4n) is 2.41. The molecule has 148 valence electrons. The number of unbranched alkanes of at least 4 members (excludes halogenated alkanes) is 1. The number of halogens is 1. The standard InChI is InChI=1S/C20H28BrN3O2S/c1-5-6-9-18-23-24-19(27-18)22-17(25)8-7-12-26-16-11-10-14(13-15(16)21)20(2,3)4/h10-11,13H,5-9,12H2,1-4H3,(H,22,24,25). The van der Waals surface area contributed by atoms with Crippen LogP contribution in [0, 0.1) is 0 Å². The molecule has 0 spiro atoms. The van der Waals surface area contributed by atoms with E-state index in [9.17, 15) is 4.79 Å². The Morgan fingerprint density at radius 2 is 2.04 bits per heavy atom. The molecule has 27 heavy (non-hydrogen) atoms. The molecule has 0 fully saturated rings. The number of nitrogens with zero attached hydrogens (tertiary/aromatic N) is 2. The highest BCUT2D eigenvalue weighted by Crippen LogP contribution is 2.31.